The number of imide groups is 1. The van der Waals surface area contributed by atoms with Gasteiger partial charge >= 0.3 is 0 Å². The molecule has 26 heavy (non-hydrogen) atoms. The van der Waals surface area contributed by atoms with E-state index in [2.05, 4.69) is 0 Å². The molecule has 5 aliphatic rings. The van der Waals surface area contributed by atoms with Gasteiger partial charge in [0.25, 0.3) is 0 Å². The van der Waals surface area contributed by atoms with Crippen molar-refractivity contribution in [1.29, 1.82) is 0 Å². The van der Waals surface area contributed by atoms with Gasteiger partial charge in [-0.2, -0.15) is 0 Å². The van der Waals surface area contributed by atoms with Crippen LogP contribution in [-0.4, -0.2) is 18.9 Å². The Hall–Kier alpha value is -2.10. The maximum atomic E-state index is 12.1. The molecule has 1 saturated heterocycles. The fourth-order valence-electron chi connectivity index (χ4n) is 6.12. The number of amides is 2. The van der Waals surface area contributed by atoms with Crippen molar-refractivity contribution < 1.29 is 14.3 Å². The van der Waals surface area contributed by atoms with Crippen LogP contribution in [0.3, 0.4) is 0 Å². The summed E-state index contributed by atoms with van der Waals surface area (Å²) in [5.74, 6) is 3.90. The summed E-state index contributed by atoms with van der Waals surface area (Å²) in [6.07, 6.45) is 7.27. The van der Waals surface area contributed by atoms with Crippen LogP contribution < -0.4 is 4.90 Å². The molecule has 4 nitrogen and oxygen atoms in total. The average Bonchev–Trinajstić information content (AvgIpc) is 2.96. The molecule has 1 aromatic rings. The van der Waals surface area contributed by atoms with Gasteiger partial charge < -0.3 is 4.74 Å². The van der Waals surface area contributed by atoms with Gasteiger partial charge in [-0.1, -0.05) is 12.1 Å². The molecular weight excluding hydrogens is 326 g/mol. The Balaban J connectivity index is 1.55. The van der Waals surface area contributed by atoms with Crippen LogP contribution in [0.5, 0.6) is 0 Å². The van der Waals surface area contributed by atoms with Crippen LogP contribution in [0.15, 0.2) is 29.8 Å². The monoisotopic (exact) mass is 351 g/mol. The van der Waals surface area contributed by atoms with Crippen LogP contribution in [0, 0.1) is 23.7 Å². The SMILES string of the molecule is COC(=C1C2CC3CC(C2)CC1C3)c1cccc(N2C(=O)CCC2=O)c1. The number of hydrogen-bond acceptors (Lipinski definition) is 3. The number of carbonyl (C=O) groups is 2. The van der Waals surface area contributed by atoms with Crippen molar-refractivity contribution in [2.45, 2.75) is 44.9 Å². The quantitative estimate of drug-likeness (QED) is 0.607. The molecule has 5 fully saturated rings. The van der Waals surface area contributed by atoms with Crippen LogP contribution in [0.2, 0.25) is 0 Å². The summed E-state index contributed by atoms with van der Waals surface area (Å²) in [6.45, 7) is 0. The molecule has 1 aliphatic heterocycles. The highest BCUT2D eigenvalue weighted by Crippen LogP contribution is 2.58. The number of hydrogen-bond donors (Lipinski definition) is 0. The largest absolute Gasteiger partial charge is 0.496 e. The Morgan fingerprint density at radius 3 is 2.15 bits per heavy atom. The molecule has 4 saturated carbocycles. The molecule has 0 spiro atoms. The third kappa shape index (κ3) is 2.42. The summed E-state index contributed by atoms with van der Waals surface area (Å²) in [5, 5.41) is 0. The molecule has 4 aliphatic carbocycles. The Kier molecular flexibility index (Phi) is 3.70. The maximum absolute atomic E-state index is 12.1. The van der Waals surface area contributed by atoms with Gasteiger partial charge in [-0.25, -0.2) is 0 Å². The predicted molar refractivity (Wildman–Crippen MR) is 99.1 cm³/mol. The average molecular weight is 351 g/mol. The summed E-state index contributed by atoms with van der Waals surface area (Å²) in [7, 11) is 1.76. The van der Waals surface area contributed by atoms with Crippen LogP contribution in [-0.2, 0) is 14.3 Å². The van der Waals surface area contributed by atoms with Gasteiger partial charge in [-0.3, -0.25) is 14.5 Å². The number of benzene rings is 1. The standard InChI is InChI=1S/C22H25NO3/c1-26-22(21-16-8-13-7-14(10-16)11-17(21)9-13)15-3-2-4-18(12-15)23-19(24)5-6-20(23)25/h2-4,12-14,16-17H,5-11H2,1H3. The van der Waals surface area contributed by atoms with E-state index >= 15 is 0 Å². The van der Waals surface area contributed by atoms with Crippen molar-refractivity contribution in [2.24, 2.45) is 23.7 Å². The van der Waals surface area contributed by atoms with E-state index in [1.807, 2.05) is 24.3 Å². The summed E-state index contributed by atoms with van der Waals surface area (Å²) in [4.78, 5) is 25.5. The minimum atomic E-state index is -0.103. The zero-order valence-corrected chi connectivity index (χ0v) is 15.2. The molecule has 6 rings (SSSR count). The smallest absolute Gasteiger partial charge is 0.234 e. The molecule has 0 N–H and O–H groups in total. The molecule has 2 amide bonds. The molecule has 1 aromatic carbocycles. The molecule has 4 bridgehead atoms. The molecule has 0 aromatic heterocycles. The first-order valence-corrected chi connectivity index (χ1v) is 9.88. The van der Waals surface area contributed by atoms with E-state index in [4.69, 9.17) is 4.74 Å². The Labute approximate surface area is 154 Å². The van der Waals surface area contributed by atoms with Gasteiger partial charge in [0.1, 0.15) is 5.76 Å². The van der Waals surface area contributed by atoms with Gasteiger partial charge in [0.05, 0.1) is 12.8 Å². The minimum absolute atomic E-state index is 0.103. The second kappa shape index (κ2) is 5.97. The number of allylic oxidation sites excluding steroid dienone is 1. The molecule has 136 valence electrons. The Morgan fingerprint density at radius 1 is 0.962 bits per heavy atom. The highest BCUT2D eigenvalue weighted by molar-refractivity contribution is 6.19. The van der Waals surface area contributed by atoms with E-state index in [-0.39, 0.29) is 11.8 Å². The Morgan fingerprint density at radius 2 is 1.58 bits per heavy atom. The number of carbonyl (C=O) groups excluding carboxylic acids is 2. The first-order valence-electron chi connectivity index (χ1n) is 9.88. The summed E-state index contributed by atoms with van der Waals surface area (Å²) >= 11 is 0. The first-order chi connectivity index (χ1) is 12.6. The second-order valence-electron chi connectivity index (χ2n) is 8.47. The van der Waals surface area contributed by atoms with E-state index in [0.717, 1.165) is 23.2 Å². The van der Waals surface area contributed by atoms with E-state index < -0.39 is 0 Å². The van der Waals surface area contributed by atoms with Crippen molar-refractivity contribution in [3.8, 4) is 0 Å². The lowest BCUT2D eigenvalue weighted by atomic mass is 9.54. The van der Waals surface area contributed by atoms with Gasteiger partial charge in [-0.05, 0) is 73.5 Å². The highest BCUT2D eigenvalue weighted by atomic mass is 16.5. The van der Waals surface area contributed by atoms with E-state index in [1.165, 1.54) is 42.6 Å². The van der Waals surface area contributed by atoms with Crippen molar-refractivity contribution in [3.05, 3.63) is 35.4 Å². The van der Waals surface area contributed by atoms with Crippen LogP contribution >= 0.6 is 0 Å². The van der Waals surface area contributed by atoms with Crippen LogP contribution in [0.4, 0.5) is 5.69 Å². The number of nitrogens with zero attached hydrogens (tertiary/aromatic N) is 1. The van der Waals surface area contributed by atoms with E-state index in [1.54, 1.807) is 7.11 Å². The number of ether oxygens (including phenoxy) is 1. The normalized spacial score (nSPS) is 32.5. The Bertz CT molecular complexity index is 763. The van der Waals surface area contributed by atoms with Crippen molar-refractivity contribution in [3.63, 3.8) is 0 Å². The molecule has 0 radical (unpaired) electrons. The lowest BCUT2D eigenvalue weighted by Gasteiger charge is -2.51. The van der Waals surface area contributed by atoms with Gasteiger partial charge in [0.2, 0.25) is 11.8 Å². The maximum Gasteiger partial charge on any atom is 0.234 e. The zero-order chi connectivity index (χ0) is 17.8. The summed E-state index contributed by atoms with van der Waals surface area (Å²) < 4.78 is 5.92. The molecule has 4 heteroatoms. The van der Waals surface area contributed by atoms with Crippen molar-refractivity contribution in [2.75, 3.05) is 12.0 Å². The number of rotatable bonds is 3. The topological polar surface area (TPSA) is 46.6 Å². The predicted octanol–water partition coefficient (Wildman–Crippen LogP) is 4.15. The van der Waals surface area contributed by atoms with Crippen molar-refractivity contribution in [1.82, 2.24) is 0 Å². The van der Waals surface area contributed by atoms with E-state index in [9.17, 15) is 9.59 Å². The third-order valence-electron chi connectivity index (χ3n) is 6.90. The molecule has 1 heterocycles. The van der Waals surface area contributed by atoms with E-state index in [0.29, 0.717) is 30.4 Å². The summed E-state index contributed by atoms with van der Waals surface area (Å²) in [6, 6.07) is 7.78. The minimum Gasteiger partial charge on any atom is -0.496 e. The molecule has 0 unspecified atom stereocenters. The number of methoxy groups -OCH3 is 1. The molecule has 0 atom stereocenters. The summed E-state index contributed by atoms with van der Waals surface area (Å²) in [5.41, 5.74) is 3.17. The lowest BCUT2D eigenvalue weighted by molar-refractivity contribution is -0.121. The second-order valence-corrected chi connectivity index (χ2v) is 8.47. The third-order valence-corrected chi connectivity index (χ3v) is 6.90. The fraction of sp³-hybridized carbons (Fsp3) is 0.545. The zero-order valence-electron chi connectivity index (χ0n) is 15.2. The molecular formula is C22H25NO3. The van der Waals surface area contributed by atoms with Crippen LogP contribution in [0.25, 0.3) is 5.76 Å². The van der Waals surface area contributed by atoms with Crippen LogP contribution in [0.1, 0.15) is 50.5 Å². The number of anilines is 1. The van der Waals surface area contributed by atoms with Crippen molar-refractivity contribution >= 4 is 23.3 Å². The highest BCUT2D eigenvalue weighted by Gasteiger charge is 2.46. The van der Waals surface area contributed by atoms with Gasteiger partial charge in [0.15, 0.2) is 0 Å². The van der Waals surface area contributed by atoms with Gasteiger partial charge in [0, 0.05) is 18.4 Å². The fourth-order valence-corrected chi connectivity index (χ4v) is 6.12. The lowest BCUT2D eigenvalue weighted by Crippen LogP contribution is -2.40. The first kappa shape index (κ1) is 16.1. The van der Waals surface area contributed by atoms with Gasteiger partial charge in [-0.15, -0.1) is 0 Å².